The van der Waals surface area contributed by atoms with Gasteiger partial charge in [0.05, 0.1) is 19.3 Å². The first kappa shape index (κ1) is 13.3. The SMILES string of the molecule is CN(c1cc(C(N)=O)ccn1)C1COCC1C(=O)O. The van der Waals surface area contributed by atoms with E-state index in [4.69, 9.17) is 15.6 Å². The van der Waals surface area contributed by atoms with Gasteiger partial charge in [-0.1, -0.05) is 0 Å². The van der Waals surface area contributed by atoms with E-state index >= 15 is 0 Å². The Morgan fingerprint density at radius 2 is 2.26 bits per heavy atom. The van der Waals surface area contributed by atoms with E-state index in [1.54, 1.807) is 18.0 Å². The monoisotopic (exact) mass is 265 g/mol. The third-order valence-electron chi connectivity index (χ3n) is 3.26. The maximum atomic E-state index is 11.1. The van der Waals surface area contributed by atoms with Crippen molar-refractivity contribution in [3.63, 3.8) is 0 Å². The predicted octanol–water partition coefficient (Wildman–Crippen LogP) is -0.284. The van der Waals surface area contributed by atoms with Crippen molar-refractivity contribution in [2.24, 2.45) is 11.7 Å². The van der Waals surface area contributed by atoms with Crippen LogP contribution in [0.5, 0.6) is 0 Å². The number of pyridine rings is 1. The van der Waals surface area contributed by atoms with E-state index in [9.17, 15) is 9.59 Å². The van der Waals surface area contributed by atoms with Gasteiger partial charge in [-0.3, -0.25) is 9.59 Å². The molecule has 0 radical (unpaired) electrons. The summed E-state index contributed by atoms with van der Waals surface area (Å²) >= 11 is 0. The van der Waals surface area contributed by atoms with E-state index in [1.807, 2.05) is 0 Å². The van der Waals surface area contributed by atoms with Crippen LogP contribution in [0.15, 0.2) is 18.3 Å². The van der Waals surface area contributed by atoms with Crippen LogP contribution in [0.4, 0.5) is 5.82 Å². The second-order valence-corrected chi connectivity index (χ2v) is 4.43. The zero-order valence-corrected chi connectivity index (χ0v) is 10.4. The van der Waals surface area contributed by atoms with E-state index in [0.717, 1.165) is 0 Å². The molecule has 1 fully saturated rings. The summed E-state index contributed by atoms with van der Waals surface area (Å²) < 4.78 is 5.21. The van der Waals surface area contributed by atoms with Crippen LogP contribution in [-0.4, -0.2) is 48.3 Å². The molecule has 0 aromatic carbocycles. The molecule has 0 saturated carbocycles. The molecule has 0 bridgehead atoms. The number of nitrogens with zero attached hydrogens (tertiary/aromatic N) is 2. The second kappa shape index (κ2) is 5.23. The molecular formula is C12H15N3O4. The summed E-state index contributed by atoms with van der Waals surface area (Å²) in [5, 5.41) is 9.12. The van der Waals surface area contributed by atoms with Crippen molar-refractivity contribution in [1.82, 2.24) is 4.98 Å². The van der Waals surface area contributed by atoms with Gasteiger partial charge in [0.15, 0.2) is 0 Å². The fourth-order valence-electron chi connectivity index (χ4n) is 2.10. The number of aromatic nitrogens is 1. The number of carbonyl (C=O) groups is 2. The quantitative estimate of drug-likeness (QED) is 0.775. The molecule has 1 amide bonds. The van der Waals surface area contributed by atoms with Crippen LogP contribution in [0.25, 0.3) is 0 Å². The number of carboxylic acid groups (broad SMARTS) is 1. The summed E-state index contributed by atoms with van der Waals surface area (Å²) in [5.74, 6) is -1.56. The predicted molar refractivity (Wildman–Crippen MR) is 66.9 cm³/mol. The maximum Gasteiger partial charge on any atom is 0.311 e. The molecule has 7 heteroatoms. The van der Waals surface area contributed by atoms with E-state index in [-0.39, 0.29) is 12.6 Å². The summed E-state index contributed by atoms with van der Waals surface area (Å²) in [7, 11) is 1.72. The Morgan fingerprint density at radius 1 is 1.53 bits per heavy atom. The van der Waals surface area contributed by atoms with Crippen LogP contribution in [0, 0.1) is 5.92 Å². The summed E-state index contributed by atoms with van der Waals surface area (Å²) in [5.41, 5.74) is 5.54. The molecule has 2 rings (SSSR count). The van der Waals surface area contributed by atoms with Gasteiger partial charge in [-0.15, -0.1) is 0 Å². The van der Waals surface area contributed by atoms with E-state index in [2.05, 4.69) is 4.98 Å². The molecule has 2 atom stereocenters. The normalized spacial score (nSPS) is 22.2. The fraction of sp³-hybridized carbons (Fsp3) is 0.417. The van der Waals surface area contributed by atoms with E-state index in [0.29, 0.717) is 18.0 Å². The summed E-state index contributed by atoms with van der Waals surface area (Å²) in [6.07, 6.45) is 1.47. The van der Waals surface area contributed by atoms with Gasteiger partial charge in [0.2, 0.25) is 5.91 Å². The van der Waals surface area contributed by atoms with Crippen molar-refractivity contribution in [2.45, 2.75) is 6.04 Å². The standard InChI is InChI=1S/C12H15N3O4/c1-15(9-6-19-5-8(9)12(17)18)10-4-7(11(13)16)2-3-14-10/h2-4,8-9H,5-6H2,1H3,(H2,13,16)(H,17,18). The summed E-state index contributed by atoms with van der Waals surface area (Å²) in [6.45, 7) is 0.496. The highest BCUT2D eigenvalue weighted by Crippen LogP contribution is 2.23. The minimum Gasteiger partial charge on any atom is -0.481 e. The first-order valence-corrected chi connectivity index (χ1v) is 5.80. The number of ether oxygens (including phenoxy) is 1. The van der Waals surface area contributed by atoms with Crippen LogP contribution in [0.1, 0.15) is 10.4 Å². The van der Waals surface area contributed by atoms with E-state index < -0.39 is 17.8 Å². The number of carboxylic acids is 1. The molecule has 0 aliphatic carbocycles. The molecule has 7 nitrogen and oxygen atoms in total. The number of likely N-dealkylation sites (N-methyl/N-ethyl adjacent to an activating group) is 1. The van der Waals surface area contributed by atoms with Crippen molar-refractivity contribution in [1.29, 1.82) is 0 Å². The van der Waals surface area contributed by atoms with Gasteiger partial charge in [0, 0.05) is 18.8 Å². The Labute approximate surface area is 110 Å². The largest absolute Gasteiger partial charge is 0.481 e. The first-order valence-electron chi connectivity index (χ1n) is 5.80. The smallest absolute Gasteiger partial charge is 0.311 e. The number of primary amides is 1. The Balaban J connectivity index is 2.23. The highest BCUT2D eigenvalue weighted by atomic mass is 16.5. The second-order valence-electron chi connectivity index (χ2n) is 4.43. The number of nitrogens with two attached hydrogens (primary N) is 1. The van der Waals surface area contributed by atoms with Gasteiger partial charge in [-0.2, -0.15) is 0 Å². The van der Waals surface area contributed by atoms with Crippen molar-refractivity contribution in [3.05, 3.63) is 23.9 Å². The number of carbonyl (C=O) groups excluding carboxylic acids is 1. The molecule has 1 aliphatic rings. The van der Waals surface area contributed by atoms with Crippen molar-refractivity contribution < 1.29 is 19.4 Å². The summed E-state index contributed by atoms with van der Waals surface area (Å²) in [4.78, 5) is 28.1. The fourth-order valence-corrected chi connectivity index (χ4v) is 2.10. The number of hydrogen-bond donors (Lipinski definition) is 2. The average Bonchev–Trinajstić information content (AvgIpc) is 2.87. The molecular weight excluding hydrogens is 250 g/mol. The number of hydrogen-bond acceptors (Lipinski definition) is 5. The van der Waals surface area contributed by atoms with E-state index in [1.165, 1.54) is 12.3 Å². The van der Waals surface area contributed by atoms with Gasteiger partial charge in [0.25, 0.3) is 0 Å². The Morgan fingerprint density at radius 3 is 2.89 bits per heavy atom. The first-order chi connectivity index (χ1) is 9.00. The Kier molecular flexibility index (Phi) is 3.66. The molecule has 1 aromatic heterocycles. The molecule has 19 heavy (non-hydrogen) atoms. The van der Waals surface area contributed by atoms with Crippen molar-refractivity contribution in [3.8, 4) is 0 Å². The lowest BCUT2D eigenvalue weighted by atomic mass is 10.0. The van der Waals surface area contributed by atoms with Crippen LogP contribution < -0.4 is 10.6 Å². The van der Waals surface area contributed by atoms with Crippen LogP contribution in [0.3, 0.4) is 0 Å². The molecule has 3 N–H and O–H groups in total. The Bertz CT molecular complexity index is 506. The molecule has 2 heterocycles. The van der Waals surface area contributed by atoms with Gasteiger partial charge in [-0.05, 0) is 12.1 Å². The number of anilines is 1. The lowest BCUT2D eigenvalue weighted by Gasteiger charge is -2.27. The number of rotatable bonds is 4. The molecule has 1 aliphatic heterocycles. The number of aliphatic carboxylic acids is 1. The molecule has 1 saturated heterocycles. The summed E-state index contributed by atoms with van der Waals surface area (Å²) in [6, 6.07) is 2.74. The highest BCUT2D eigenvalue weighted by molar-refractivity contribution is 5.93. The number of amides is 1. The van der Waals surface area contributed by atoms with Crippen LogP contribution in [0.2, 0.25) is 0 Å². The lowest BCUT2D eigenvalue weighted by Crippen LogP contribution is -2.41. The van der Waals surface area contributed by atoms with Gasteiger partial charge in [0.1, 0.15) is 11.7 Å². The third-order valence-corrected chi connectivity index (χ3v) is 3.26. The zero-order valence-electron chi connectivity index (χ0n) is 10.4. The third kappa shape index (κ3) is 2.65. The van der Waals surface area contributed by atoms with Gasteiger partial charge in [-0.25, -0.2) is 4.98 Å². The molecule has 2 unspecified atom stereocenters. The van der Waals surface area contributed by atoms with Gasteiger partial charge < -0.3 is 20.5 Å². The zero-order chi connectivity index (χ0) is 14.0. The lowest BCUT2D eigenvalue weighted by molar-refractivity contribution is -0.141. The minimum absolute atomic E-state index is 0.180. The van der Waals surface area contributed by atoms with Crippen molar-refractivity contribution in [2.75, 3.05) is 25.2 Å². The average molecular weight is 265 g/mol. The molecule has 1 aromatic rings. The van der Waals surface area contributed by atoms with Gasteiger partial charge >= 0.3 is 5.97 Å². The highest BCUT2D eigenvalue weighted by Gasteiger charge is 2.37. The molecule has 0 spiro atoms. The Hall–Kier alpha value is -2.15. The van der Waals surface area contributed by atoms with Crippen LogP contribution in [-0.2, 0) is 9.53 Å². The topological polar surface area (TPSA) is 106 Å². The minimum atomic E-state index is -0.902. The molecule has 102 valence electrons. The van der Waals surface area contributed by atoms with Crippen LogP contribution >= 0.6 is 0 Å². The van der Waals surface area contributed by atoms with Crippen molar-refractivity contribution >= 4 is 17.7 Å². The maximum absolute atomic E-state index is 11.1.